The fourth-order valence-corrected chi connectivity index (χ4v) is 14.9. The van der Waals surface area contributed by atoms with Crippen LogP contribution in [0.1, 0.15) is 453 Å². The van der Waals surface area contributed by atoms with Crippen LogP contribution in [-0.2, 0) is 65.4 Å². The van der Waals surface area contributed by atoms with E-state index in [1.54, 1.807) is 0 Å². The molecule has 0 saturated heterocycles. The maximum atomic E-state index is 13.1. The van der Waals surface area contributed by atoms with Crippen LogP contribution in [-0.4, -0.2) is 96.7 Å². The highest BCUT2D eigenvalue weighted by Gasteiger charge is 2.30. The Morgan fingerprint density at radius 3 is 0.648 bits per heavy atom. The van der Waals surface area contributed by atoms with Gasteiger partial charge >= 0.3 is 39.5 Å². The van der Waals surface area contributed by atoms with Gasteiger partial charge in [-0.15, -0.1) is 0 Å². The predicted molar refractivity (Wildman–Crippen MR) is 432 cm³/mol. The van der Waals surface area contributed by atoms with Crippen LogP contribution in [0.4, 0.5) is 0 Å². The highest BCUT2D eigenvalue weighted by atomic mass is 31.2. The first kappa shape index (κ1) is 103. The van der Waals surface area contributed by atoms with Crippen LogP contribution in [0.15, 0.2) is 0 Å². The fourth-order valence-electron chi connectivity index (χ4n) is 13.4. The van der Waals surface area contributed by atoms with Crippen molar-refractivity contribution in [2.75, 3.05) is 39.6 Å². The van der Waals surface area contributed by atoms with E-state index in [9.17, 15) is 43.2 Å². The Bertz CT molecular complexity index is 2030. The Morgan fingerprint density at radius 2 is 0.438 bits per heavy atom. The van der Waals surface area contributed by atoms with Gasteiger partial charge in [-0.2, -0.15) is 0 Å². The van der Waals surface area contributed by atoms with E-state index in [-0.39, 0.29) is 25.7 Å². The number of unbranched alkanes of at least 4 members (excludes halogenated alkanes) is 52. The second kappa shape index (κ2) is 76.1. The molecule has 0 aliphatic carbocycles. The van der Waals surface area contributed by atoms with Crippen LogP contribution in [0.3, 0.4) is 0 Å². The largest absolute Gasteiger partial charge is 0.472 e. The summed E-state index contributed by atoms with van der Waals surface area (Å²) in [4.78, 5) is 73.3. The zero-order chi connectivity index (χ0) is 77.2. The molecule has 0 bridgehead atoms. The third-order valence-electron chi connectivity index (χ3n) is 20.1. The van der Waals surface area contributed by atoms with Gasteiger partial charge in [0.1, 0.15) is 19.3 Å². The number of phosphoric acid groups is 2. The van der Waals surface area contributed by atoms with Crippen molar-refractivity contribution in [3.8, 4) is 0 Å². The molecule has 0 rings (SSSR count). The molecule has 3 N–H and O–H groups in total. The van der Waals surface area contributed by atoms with E-state index >= 15 is 0 Å². The van der Waals surface area contributed by atoms with Gasteiger partial charge < -0.3 is 33.8 Å². The summed E-state index contributed by atoms with van der Waals surface area (Å²) in [5.74, 6) is 0.300. The summed E-state index contributed by atoms with van der Waals surface area (Å²) in [7, 11) is -9.93. The second-order valence-electron chi connectivity index (χ2n) is 32.4. The Morgan fingerprint density at radius 1 is 0.257 bits per heavy atom. The van der Waals surface area contributed by atoms with Gasteiger partial charge in [0, 0.05) is 25.7 Å². The maximum Gasteiger partial charge on any atom is 0.472 e. The van der Waals surface area contributed by atoms with Gasteiger partial charge in [0.25, 0.3) is 0 Å². The molecule has 624 valence electrons. The summed E-state index contributed by atoms with van der Waals surface area (Å²) in [5.41, 5.74) is 0. The second-order valence-corrected chi connectivity index (χ2v) is 35.3. The van der Waals surface area contributed by atoms with Gasteiger partial charge in [0.15, 0.2) is 12.2 Å². The van der Waals surface area contributed by atoms with Crippen molar-refractivity contribution < 1.29 is 80.2 Å². The number of phosphoric ester groups is 2. The van der Waals surface area contributed by atoms with E-state index in [2.05, 4.69) is 48.5 Å². The first-order valence-electron chi connectivity index (χ1n) is 44.3. The topological polar surface area (TPSA) is 237 Å². The molecule has 0 saturated carbocycles. The molecular formula is C86H168O17P2. The Labute approximate surface area is 645 Å². The molecule has 0 aliphatic heterocycles. The van der Waals surface area contributed by atoms with E-state index in [0.29, 0.717) is 25.7 Å². The van der Waals surface area contributed by atoms with Crippen molar-refractivity contribution >= 4 is 39.5 Å². The van der Waals surface area contributed by atoms with Crippen LogP contribution in [0.5, 0.6) is 0 Å². The smallest absolute Gasteiger partial charge is 0.462 e. The SMILES string of the molecule is CCCCCCCCCCCCCCC(=O)OC[C@H](COP(=O)(O)OC[C@H](O)COP(=O)(O)OC[C@@H](COC(=O)CCCCCCCCCCCCCCCCCC(C)C)OC(=O)CCCCCCCCCCCCCCCCCCC(C)C)OC(=O)CCCCCCCCCCCCCCCC(C)C. The quantitative estimate of drug-likeness (QED) is 0.0222. The van der Waals surface area contributed by atoms with Crippen molar-refractivity contribution in [2.24, 2.45) is 17.8 Å². The third-order valence-corrected chi connectivity index (χ3v) is 22.0. The van der Waals surface area contributed by atoms with Gasteiger partial charge in [-0.1, -0.05) is 402 Å². The van der Waals surface area contributed by atoms with Crippen molar-refractivity contribution in [1.29, 1.82) is 0 Å². The summed E-state index contributed by atoms with van der Waals surface area (Å²) in [6, 6.07) is 0. The number of aliphatic hydroxyl groups is 1. The molecule has 0 fully saturated rings. The molecule has 0 aromatic carbocycles. The normalized spacial score (nSPS) is 13.9. The first-order chi connectivity index (χ1) is 50.7. The molecule has 2 unspecified atom stereocenters. The lowest BCUT2D eigenvalue weighted by Gasteiger charge is -2.21. The summed E-state index contributed by atoms with van der Waals surface area (Å²) >= 11 is 0. The minimum atomic E-state index is -4.97. The van der Waals surface area contributed by atoms with Crippen LogP contribution < -0.4 is 0 Å². The lowest BCUT2D eigenvalue weighted by Crippen LogP contribution is -2.30. The zero-order valence-corrected chi connectivity index (χ0v) is 71.0. The zero-order valence-electron chi connectivity index (χ0n) is 69.2. The maximum absolute atomic E-state index is 13.1. The van der Waals surface area contributed by atoms with Crippen LogP contribution in [0, 0.1) is 17.8 Å². The van der Waals surface area contributed by atoms with Crippen molar-refractivity contribution in [1.82, 2.24) is 0 Å². The summed E-state index contributed by atoms with van der Waals surface area (Å²) < 4.78 is 68.9. The Kier molecular flexibility index (Phi) is 74.7. The molecule has 0 spiro atoms. The molecule has 0 amide bonds. The molecule has 0 aromatic rings. The number of carbonyl (C=O) groups is 4. The average Bonchev–Trinajstić information content (AvgIpc) is 0.911. The number of ether oxygens (including phenoxy) is 4. The van der Waals surface area contributed by atoms with Gasteiger partial charge in [-0.3, -0.25) is 37.3 Å². The monoisotopic (exact) mass is 1540 g/mol. The van der Waals surface area contributed by atoms with Gasteiger partial charge in [0.05, 0.1) is 26.4 Å². The molecule has 17 nitrogen and oxygen atoms in total. The molecule has 0 aliphatic rings. The van der Waals surface area contributed by atoms with E-state index in [4.69, 9.17) is 37.0 Å². The molecule has 0 radical (unpaired) electrons. The lowest BCUT2D eigenvalue weighted by atomic mass is 10.0. The summed E-state index contributed by atoms with van der Waals surface area (Å²) in [6.07, 6.45) is 66.5. The van der Waals surface area contributed by atoms with E-state index in [1.807, 2.05) is 0 Å². The van der Waals surface area contributed by atoms with E-state index in [1.165, 1.54) is 263 Å². The molecule has 5 atom stereocenters. The van der Waals surface area contributed by atoms with Crippen LogP contribution in [0.25, 0.3) is 0 Å². The van der Waals surface area contributed by atoms with Gasteiger partial charge in [-0.05, 0) is 43.4 Å². The first-order valence-corrected chi connectivity index (χ1v) is 47.3. The minimum absolute atomic E-state index is 0.108. The highest BCUT2D eigenvalue weighted by molar-refractivity contribution is 7.47. The average molecular weight is 1540 g/mol. The van der Waals surface area contributed by atoms with Gasteiger partial charge in [0.2, 0.25) is 0 Å². The van der Waals surface area contributed by atoms with Crippen molar-refractivity contribution in [2.45, 2.75) is 471 Å². The van der Waals surface area contributed by atoms with Crippen LogP contribution >= 0.6 is 15.6 Å². The third kappa shape index (κ3) is 79.9. The highest BCUT2D eigenvalue weighted by Crippen LogP contribution is 2.45. The van der Waals surface area contributed by atoms with Crippen molar-refractivity contribution in [3.63, 3.8) is 0 Å². The molecule has 19 heteroatoms. The number of carbonyl (C=O) groups excluding carboxylic acids is 4. The number of hydrogen-bond donors (Lipinski definition) is 3. The van der Waals surface area contributed by atoms with Gasteiger partial charge in [-0.25, -0.2) is 9.13 Å². The Hall–Kier alpha value is -1.94. The number of aliphatic hydroxyl groups excluding tert-OH is 1. The number of esters is 4. The predicted octanol–water partition coefficient (Wildman–Crippen LogP) is 26.1. The Balaban J connectivity index is 5.26. The number of hydrogen-bond acceptors (Lipinski definition) is 15. The molecule has 0 heterocycles. The summed E-state index contributed by atoms with van der Waals surface area (Å²) in [6.45, 7) is 12.1. The lowest BCUT2D eigenvalue weighted by molar-refractivity contribution is -0.161. The van der Waals surface area contributed by atoms with E-state index < -0.39 is 97.5 Å². The molecule has 105 heavy (non-hydrogen) atoms. The minimum Gasteiger partial charge on any atom is -0.462 e. The van der Waals surface area contributed by atoms with Crippen LogP contribution in [0.2, 0.25) is 0 Å². The number of rotatable bonds is 84. The summed E-state index contributed by atoms with van der Waals surface area (Å²) in [5, 5.41) is 10.7. The van der Waals surface area contributed by atoms with E-state index in [0.717, 1.165) is 108 Å². The molecular weight excluding hydrogens is 1370 g/mol. The fraction of sp³-hybridized carbons (Fsp3) is 0.953. The van der Waals surface area contributed by atoms with Crippen molar-refractivity contribution in [3.05, 3.63) is 0 Å². The standard InChI is InChI=1S/C86H168O17P2/c1-8-9-10-11-12-13-14-32-39-46-53-60-67-83(88)96-73-81(103-86(91)70-63-56-49-42-35-28-22-25-31-38-45-52-59-66-79(6)7)75-100-104(92,93)98-71-80(87)72-99-105(94,95)101-76-82(74-97-84(89)68-61-54-47-40-33-26-21-17-19-24-30-37-44-51-58-65-78(4)5)102-85(90)69-62-55-48-41-34-27-20-16-15-18-23-29-36-43-50-57-64-77(2)3/h77-82,87H,8-76H2,1-7H3,(H,92,93)(H,94,95)/t80-,81+,82+/m0/s1. The molecule has 0 aromatic heterocycles.